The van der Waals surface area contributed by atoms with Crippen LogP contribution < -0.4 is 10.2 Å². The standard InChI is InChI=1S/C26H36F2N6/c1-16-8-13-34(18(3)29-16)26-21-14-22(27)23(24(28)25(21)32(5)30-26)19-9-11-33(12-10-19)20-7-6-17(2)31(4)15-20/h14,17,19-20,29H,1,3,6-13,15H2,2,4-5H3. The van der Waals surface area contributed by atoms with Crippen molar-refractivity contribution in [1.29, 1.82) is 0 Å². The average molecular weight is 471 g/mol. The van der Waals surface area contributed by atoms with Crippen LogP contribution in [0.3, 0.4) is 0 Å². The molecular formula is C26H36F2N6. The first kappa shape index (κ1) is 23.3. The van der Waals surface area contributed by atoms with Gasteiger partial charge in [-0.05, 0) is 64.7 Å². The molecule has 2 aromatic rings. The van der Waals surface area contributed by atoms with Gasteiger partial charge in [0.15, 0.2) is 11.6 Å². The lowest BCUT2D eigenvalue weighted by Gasteiger charge is -2.43. The monoisotopic (exact) mass is 470 g/mol. The summed E-state index contributed by atoms with van der Waals surface area (Å²) >= 11 is 0. The van der Waals surface area contributed by atoms with Gasteiger partial charge in [0, 0.05) is 49.9 Å². The molecule has 3 fully saturated rings. The van der Waals surface area contributed by atoms with E-state index in [9.17, 15) is 0 Å². The number of fused-ring (bicyclic) bond motifs is 1. The zero-order valence-electron chi connectivity index (χ0n) is 20.6. The summed E-state index contributed by atoms with van der Waals surface area (Å²) in [5.74, 6) is 0.0904. The van der Waals surface area contributed by atoms with Crippen LogP contribution in [0.1, 0.15) is 50.5 Å². The number of piperidine rings is 2. The van der Waals surface area contributed by atoms with Gasteiger partial charge < -0.3 is 15.1 Å². The highest BCUT2D eigenvalue weighted by atomic mass is 19.1. The largest absolute Gasteiger partial charge is 0.346 e. The molecule has 3 aliphatic rings. The summed E-state index contributed by atoms with van der Waals surface area (Å²) in [5.41, 5.74) is 1.45. The molecule has 1 N–H and O–H groups in total. The van der Waals surface area contributed by atoms with Crippen LogP contribution in [0.4, 0.5) is 14.6 Å². The van der Waals surface area contributed by atoms with Crippen molar-refractivity contribution in [3.63, 3.8) is 0 Å². The van der Waals surface area contributed by atoms with Gasteiger partial charge in [-0.15, -0.1) is 0 Å². The van der Waals surface area contributed by atoms with Crippen LogP contribution in [-0.2, 0) is 7.05 Å². The number of hydrogen-bond acceptors (Lipinski definition) is 5. The zero-order valence-corrected chi connectivity index (χ0v) is 20.6. The van der Waals surface area contributed by atoms with Gasteiger partial charge in [-0.25, -0.2) is 8.78 Å². The highest BCUT2D eigenvalue weighted by molar-refractivity contribution is 5.92. The molecule has 0 radical (unpaired) electrons. The Balaban J connectivity index is 1.38. The van der Waals surface area contributed by atoms with E-state index in [1.807, 2.05) is 4.90 Å². The summed E-state index contributed by atoms with van der Waals surface area (Å²) in [6.07, 6.45) is 4.67. The van der Waals surface area contributed by atoms with Gasteiger partial charge in [-0.1, -0.05) is 13.2 Å². The maximum atomic E-state index is 15.9. The SMILES string of the molecule is C=C1CCN(c2nn(C)c3c(F)c(C4CCN(C5CCC(C)N(C)C5)CC4)c(F)cc23)C(=C)N1. The molecule has 0 spiro atoms. The number of nitrogens with one attached hydrogen (secondary N) is 1. The number of halogens is 2. The number of hydrogen-bond donors (Lipinski definition) is 1. The molecule has 2 atom stereocenters. The van der Waals surface area contributed by atoms with Gasteiger partial charge in [0.25, 0.3) is 0 Å². The molecule has 0 bridgehead atoms. The smallest absolute Gasteiger partial charge is 0.164 e. The fourth-order valence-corrected chi connectivity index (χ4v) is 5.99. The van der Waals surface area contributed by atoms with Gasteiger partial charge in [-0.3, -0.25) is 9.58 Å². The first-order valence-corrected chi connectivity index (χ1v) is 12.4. The lowest BCUT2D eigenvalue weighted by Crippen LogP contribution is -2.51. The minimum Gasteiger partial charge on any atom is -0.346 e. The van der Waals surface area contributed by atoms with Crippen LogP contribution in [-0.4, -0.2) is 64.9 Å². The van der Waals surface area contributed by atoms with Crippen molar-refractivity contribution in [3.05, 3.63) is 47.9 Å². The molecule has 34 heavy (non-hydrogen) atoms. The van der Waals surface area contributed by atoms with Crippen molar-refractivity contribution in [3.8, 4) is 0 Å². The Hall–Kier alpha value is -2.45. The molecule has 8 heteroatoms. The van der Waals surface area contributed by atoms with Crippen LogP contribution in [0.25, 0.3) is 10.9 Å². The van der Waals surface area contributed by atoms with E-state index in [1.54, 1.807) is 7.05 Å². The molecule has 0 amide bonds. The number of nitrogens with zero attached hydrogens (tertiary/aromatic N) is 5. The Kier molecular flexibility index (Phi) is 6.14. The molecule has 184 valence electrons. The topological polar surface area (TPSA) is 39.6 Å². The maximum absolute atomic E-state index is 15.9. The molecule has 0 aliphatic carbocycles. The van der Waals surface area contributed by atoms with Crippen LogP contribution >= 0.6 is 0 Å². The minimum absolute atomic E-state index is 0.116. The summed E-state index contributed by atoms with van der Waals surface area (Å²) in [7, 11) is 3.91. The third-order valence-corrected chi connectivity index (χ3v) is 8.20. The van der Waals surface area contributed by atoms with Gasteiger partial charge in [0.1, 0.15) is 17.2 Å². The summed E-state index contributed by atoms with van der Waals surface area (Å²) in [4.78, 5) is 6.82. The number of anilines is 1. The number of aryl methyl sites for hydroxylation is 1. The normalized spacial score (nSPS) is 25.9. The second-order valence-electron chi connectivity index (χ2n) is 10.3. The van der Waals surface area contributed by atoms with Crippen molar-refractivity contribution in [1.82, 2.24) is 24.9 Å². The predicted octanol–water partition coefficient (Wildman–Crippen LogP) is 4.30. The van der Waals surface area contributed by atoms with Gasteiger partial charge in [0.05, 0.1) is 5.39 Å². The molecule has 3 saturated heterocycles. The summed E-state index contributed by atoms with van der Waals surface area (Å²) in [6.45, 7) is 13.7. The Morgan fingerprint density at radius 2 is 1.79 bits per heavy atom. The zero-order chi connectivity index (χ0) is 24.1. The van der Waals surface area contributed by atoms with Crippen LogP contribution in [0, 0.1) is 11.6 Å². The van der Waals surface area contributed by atoms with Crippen LogP contribution in [0.2, 0.25) is 0 Å². The second-order valence-corrected chi connectivity index (χ2v) is 10.3. The Morgan fingerprint density at radius 3 is 2.47 bits per heavy atom. The van der Waals surface area contributed by atoms with E-state index in [-0.39, 0.29) is 11.5 Å². The lowest BCUT2D eigenvalue weighted by atomic mass is 9.86. The first-order chi connectivity index (χ1) is 16.2. The second kappa shape index (κ2) is 8.96. The summed E-state index contributed by atoms with van der Waals surface area (Å²) < 4.78 is 32.9. The van der Waals surface area contributed by atoms with E-state index < -0.39 is 11.6 Å². The van der Waals surface area contributed by atoms with Crippen LogP contribution in [0.5, 0.6) is 0 Å². The van der Waals surface area contributed by atoms with Crippen molar-refractivity contribution in [2.45, 2.75) is 57.0 Å². The van der Waals surface area contributed by atoms with Crippen molar-refractivity contribution >= 4 is 16.7 Å². The van der Waals surface area contributed by atoms with Crippen molar-refractivity contribution < 1.29 is 8.78 Å². The maximum Gasteiger partial charge on any atom is 0.164 e. The quantitative estimate of drug-likeness (QED) is 0.724. The third-order valence-electron chi connectivity index (χ3n) is 8.20. The molecule has 3 aliphatic heterocycles. The Bertz CT molecular complexity index is 1120. The highest BCUT2D eigenvalue weighted by Gasteiger charge is 2.34. The Morgan fingerprint density at radius 1 is 1.06 bits per heavy atom. The number of rotatable bonds is 3. The van der Waals surface area contributed by atoms with E-state index in [1.165, 1.54) is 23.6 Å². The fourth-order valence-electron chi connectivity index (χ4n) is 5.99. The lowest BCUT2D eigenvalue weighted by molar-refractivity contribution is 0.0656. The number of benzene rings is 1. The number of aromatic nitrogens is 2. The van der Waals surface area contributed by atoms with E-state index in [2.05, 4.69) is 47.3 Å². The van der Waals surface area contributed by atoms with Gasteiger partial charge in [0.2, 0.25) is 0 Å². The van der Waals surface area contributed by atoms with Crippen LogP contribution in [0.15, 0.2) is 30.7 Å². The first-order valence-electron chi connectivity index (χ1n) is 12.4. The van der Waals surface area contributed by atoms with Crippen molar-refractivity contribution in [2.75, 3.05) is 38.1 Å². The fraction of sp³-hybridized carbons (Fsp3) is 0.577. The third kappa shape index (κ3) is 4.01. The Labute approximate surface area is 200 Å². The van der Waals surface area contributed by atoms with E-state index in [0.717, 1.165) is 38.2 Å². The molecule has 1 aromatic heterocycles. The minimum atomic E-state index is -0.471. The number of likely N-dealkylation sites (N-methyl/N-ethyl adjacent to an activating group) is 1. The predicted molar refractivity (Wildman–Crippen MR) is 133 cm³/mol. The van der Waals surface area contributed by atoms with Gasteiger partial charge in [-0.2, -0.15) is 5.10 Å². The van der Waals surface area contributed by atoms with Crippen molar-refractivity contribution in [2.24, 2.45) is 7.05 Å². The highest BCUT2D eigenvalue weighted by Crippen LogP contribution is 2.39. The van der Waals surface area contributed by atoms with E-state index in [0.29, 0.717) is 47.6 Å². The van der Waals surface area contributed by atoms with Gasteiger partial charge >= 0.3 is 0 Å². The molecule has 0 saturated carbocycles. The molecule has 2 unspecified atom stereocenters. The molecule has 1 aromatic carbocycles. The van der Waals surface area contributed by atoms with E-state index >= 15 is 8.78 Å². The molecule has 6 nitrogen and oxygen atoms in total. The average Bonchev–Trinajstić information content (AvgIpc) is 3.12. The summed E-state index contributed by atoms with van der Waals surface area (Å²) in [6, 6.07) is 2.64. The summed E-state index contributed by atoms with van der Waals surface area (Å²) in [5, 5.41) is 8.16. The molecular weight excluding hydrogens is 434 g/mol. The van der Waals surface area contributed by atoms with E-state index in [4.69, 9.17) is 0 Å². The molecule has 4 heterocycles. The number of likely N-dealkylation sites (tertiary alicyclic amines) is 2. The molecule has 5 rings (SSSR count).